The summed E-state index contributed by atoms with van der Waals surface area (Å²) in [5.41, 5.74) is 1.04. The zero-order chi connectivity index (χ0) is 19.9. The third-order valence-electron chi connectivity index (χ3n) is 4.20. The lowest BCUT2D eigenvalue weighted by atomic mass is 10.1. The van der Waals surface area contributed by atoms with Crippen molar-refractivity contribution < 1.29 is 19.0 Å². The monoisotopic (exact) mass is 379 g/mol. The van der Waals surface area contributed by atoms with Crippen LogP contribution in [0.1, 0.15) is 31.1 Å². The molecule has 0 unspecified atom stereocenters. The molecule has 1 N–H and O–H groups in total. The Hall–Kier alpha value is -3.21. The molecule has 146 valence electrons. The van der Waals surface area contributed by atoms with Crippen molar-refractivity contribution in [2.45, 2.75) is 20.8 Å². The molecule has 0 bridgehead atoms. The summed E-state index contributed by atoms with van der Waals surface area (Å²) >= 11 is 0. The Kier molecular flexibility index (Phi) is 6.37. The maximum absolute atomic E-state index is 13.1. The molecule has 0 radical (unpaired) electrons. The molecule has 3 aromatic rings. The number of anilines is 1. The highest BCUT2D eigenvalue weighted by Crippen LogP contribution is 2.32. The molecule has 5 heteroatoms. The van der Waals surface area contributed by atoms with E-state index in [0.717, 1.165) is 10.8 Å². The number of fused-ring (bicyclic) bond motifs is 1. The summed E-state index contributed by atoms with van der Waals surface area (Å²) in [5, 5.41) is 4.95. The summed E-state index contributed by atoms with van der Waals surface area (Å²) in [4.78, 5) is 13.1. The highest BCUT2D eigenvalue weighted by atomic mass is 16.5. The Morgan fingerprint density at radius 3 is 2.11 bits per heavy atom. The van der Waals surface area contributed by atoms with E-state index in [1.54, 1.807) is 12.1 Å². The Morgan fingerprint density at radius 2 is 1.43 bits per heavy atom. The maximum atomic E-state index is 13.1. The predicted molar refractivity (Wildman–Crippen MR) is 112 cm³/mol. The van der Waals surface area contributed by atoms with Gasteiger partial charge in [0.1, 0.15) is 17.2 Å². The molecule has 0 fully saturated rings. The quantitative estimate of drug-likeness (QED) is 0.578. The summed E-state index contributed by atoms with van der Waals surface area (Å²) in [6.07, 6.45) is 0. The van der Waals surface area contributed by atoms with Gasteiger partial charge < -0.3 is 19.5 Å². The SMILES string of the molecule is CCOc1ccc(OCC)c(NC(=O)c2cc3ccccc3cc2OCC)c1. The number of carbonyl (C=O) groups is 1. The van der Waals surface area contributed by atoms with E-state index in [9.17, 15) is 4.79 Å². The van der Waals surface area contributed by atoms with Crippen molar-refractivity contribution in [3.8, 4) is 17.2 Å². The van der Waals surface area contributed by atoms with Gasteiger partial charge in [0.15, 0.2) is 0 Å². The van der Waals surface area contributed by atoms with Gasteiger partial charge in [-0.2, -0.15) is 0 Å². The molecule has 0 spiro atoms. The van der Waals surface area contributed by atoms with Crippen LogP contribution in [0.15, 0.2) is 54.6 Å². The normalized spacial score (nSPS) is 10.5. The number of carbonyl (C=O) groups excluding carboxylic acids is 1. The van der Waals surface area contributed by atoms with Gasteiger partial charge >= 0.3 is 0 Å². The summed E-state index contributed by atoms with van der Waals surface area (Å²) in [6, 6.07) is 17.0. The van der Waals surface area contributed by atoms with Gasteiger partial charge in [-0.1, -0.05) is 24.3 Å². The molecule has 0 aliphatic carbocycles. The van der Waals surface area contributed by atoms with Crippen LogP contribution in [0.25, 0.3) is 10.8 Å². The van der Waals surface area contributed by atoms with E-state index in [1.165, 1.54) is 0 Å². The van der Waals surface area contributed by atoms with Gasteiger partial charge in [0, 0.05) is 6.07 Å². The molecule has 0 aromatic heterocycles. The van der Waals surface area contributed by atoms with Crippen LogP contribution in [0, 0.1) is 0 Å². The fourth-order valence-corrected chi connectivity index (χ4v) is 3.01. The van der Waals surface area contributed by atoms with E-state index >= 15 is 0 Å². The van der Waals surface area contributed by atoms with Gasteiger partial charge in [-0.25, -0.2) is 0 Å². The number of hydrogen-bond donors (Lipinski definition) is 1. The van der Waals surface area contributed by atoms with Crippen molar-refractivity contribution in [1.29, 1.82) is 0 Å². The first-order valence-corrected chi connectivity index (χ1v) is 9.52. The number of rotatable bonds is 8. The molecule has 0 saturated carbocycles. The minimum absolute atomic E-state index is 0.260. The molecule has 0 saturated heterocycles. The molecule has 28 heavy (non-hydrogen) atoms. The third-order valence-corrected chi connectivity index (χ3v) is 4.20. The first-order valence-electron chi connectivity index (χ1n) is 9.52. The molecular formula is C23H25NO4. The zero-order valence-electron chi connectivity index (χ0n) is 16.5. The van der Waals surface area contributed by atoms with Crippen LogP contribution in [0.3, 0.4) is 0 Å². The molecule has 0 heterocycles. The van der Waals surface area contributed by atoms with Crippen molar-refractivity contribution in [3.63, 3.8) is 0 Å². The fourth-order valence-electron chi connectivity index (χ4n) is 3.01. The van der Waals surface area contributed by atoms with E-state index in [-0.39, 0.29) is 5.91 Å². The first kappa shape index (κ1) is 19.5. The second-order valence-electron chi connectivity index (χ2n) is 6.11. The van der Waals surface area contributed by atoms with Gasteiger partial charge in [-0.3, -0.25) is 4.79 Å². The molecular weight excluding hydrogens is 354 g/mol. The van der Waals surface area contributed by atoms with Crippen LogP contribution >= 0.6 is 0 Å². The molecule has 0 aliphatic heterocycles. The molecule has 5 nitrogen and oxygen atoms in total. The van der Waals surface area contributed by atoms with Gasteiger partial charge in [0.05, 0.1) is 31.1 Å². The molecule has 0 aliphatic rings. The lowest BCUT2D eigenvalue weighted by molar-refractivity contribution is 0.102. The van der Waals surface area contributed by atoms with Crippen molar-refractivity contribution >= 4 is 22.4 Å². The summed E-state index contributed by atoms with van der Waals surface area (Å²) in [6.45, 7) is 7.23. The second-order valence-corrected chi connectivity index (χ2v) is 6.11. The minimum Gasteiger partial charge on any atom is -0.494 e. The topological polar surface area (TPSA) is 56.8 Å². The van der Waals surface area contributed by atoms with E-state index in [1.807, 2.05) is 63.2 Å². The number of nitrogens with one attached hydrogen (secondary N) is 1. The molecule has 3 aromatic carbocycles. The van der Waals surface area contributed by atoms with Crippen LogP contribution in [0.5, 0.6) is 17.2 Å². The van der Waals surface area contributed by atoms with Crippen molar-refractivity contribution in [2.75, 3.05) is 25.1 Å². The third kappa shape index (κ3) is 4.36. The molecule has 3 rings (SSSR count). The van der Waals surface area contributed by atoms with Crippen LogP contribution in [0.4, 0.5) is 5.69 Å². The number of benzene rings is 3. The number of amides is 1. The average molecular weight is 379 g/mol. The molecule has 0 atom stereocenters. The van der Waals surface area contributed by atoms with E-state index in [4.69, 9.17) is 14.2 Å². The van der Waals surface area contributed by atoms with Crippen molar-refractivity contribution in [1.82, 2.24) is 0 Å². The number of ether oxygens (including phenoxy) is 3. The largest absolute Gasteiger partial charge is 0.494 e. The number of hydrogen-bond acceptors (Lipinski definition) is 4. The lowest BCUT2D eigenvalue weighted by Crippen LogP contribution is -2.15. The highest BCUT2D eigenvalue weighted by Gasteiger charge is 2.17. The van der Waals surface area contributed by atoms with Crippen LogP contribution < -0.4 is 19.5 Å². The van der Waals surface area contributed by atoms with Gasteiger partial charge in [-0.15, -0.1) is 0 Å². The second kappa shape index (κ2) is 9.13. The van der Waals surface area contributed by atoms with Crippen LogP contribution in [0.2, 0.25) is 0 Å². The van der Waals surface area contributed by atoms with Gasteiger partial charge in [0.25, 0.3) is 5.91 Å². The fraction of sp³-hybridized carbons (Fsp3) is 0.261. The van der Waals surface area contributed by atoms with Crippen molar-refractivity contribution in [3.05, 3.63) is 60.2 Å². The first-order chi connectivity index (χ1) is 13.7. The average Bonchev–Trinajstić information content (AvgIpc) is 2.70. The summed E-state index contributed by atoms with van der Waals surface area (Å²) < 4.78 is 16.9. The Morgan fingerprint density at radius 1 is 0.786 bits per heavy atom. The predicted octanol–water partition coefficient (Wildman–Crippen LogP) is 5.29. The van der Waals surface area contributed by atoms with E-state index < -0.39 is 0 Å². The van der Waals surface area contributed by atoms with Gasteiger partial charge in [-0.05, 0) is 55.8 Å². The van der Waals surface area contributed by atoms with Crippen LogP contribution in [-0.2, 0) is 0 Å². The smallest absolute Gasteiger partial charge is 0.259 e. The van der Waals surface area contributed by atoms with E-state index in [0.29, 0.717) is 48.3 Å². The molecule has 1 amide bonds. The summed E-state index contributed by atoms with van der Waals surface area (Å²) in [7, 11) is 0. The summed E-state index contributed by atoms with van der Waals surface area (Å²) in [5.74, 6) is 1.56. The van der Waals surface area contributed by atoms with Crippen molar-refractivity contribution in [2.24, 2.45) is 0 Å². The Bertz CT molecular complexity index is 968. The Balaban J connectivity index is 1.98. The van der Waals surface area contributed by atoms with E-state index in [2.05, 4.69) is 5.32 Å². The Labute approximate surface area is 165 Å². The van der Waals surface area contributed by atoms with Crippen LogP contribution in [-0.4, -0.2) is 25.7 Å². The highest BCUT2D eigenvalue weighted by molar-refractivity contribution is 6.09. The maximum Gasteiger partial charge on any atom is 0.259 e. The zero-order valence-corrected chi connectivity index (χ0v) is 16.5. The standard InChI is InChI=1S/C23H25NO4/c1-4-26-18-11-12-21(27-5-2)20(15-18)24-23(25)19-13-16-9-7-8-10-17(16)14-22(19)28-6-3/h7-15H,4-6H2,1-3H3,(H,24,25). The lowest BCUT2D eigenvalue weighted by Gasteiger charge is -2.15. The van der Waals surface area contributed by atoms with Gasteiger partial charge in [0.2, 0.25) is 0 Å². The minimum atomic E-state index is -0.260.